The molecule has 1 aromatic rings. The molecule has 6 nitrogen and oxygen atoms in total. The van der Waals surface area contributed by atoms with Crippen LogP contribution in [0.15, 0.2) is 4.42 Å². The largest absolute Gasteiger partial charge is 0.408 e. The summed E-state index contributed by atoms with van der Waals surface area (Å²) in [7, 11) is 0. The molecule has 1 aliphatic rings. The fourth-order valence-corrected chi connectivity index (χ4v) is 1.51. The number of anilines is 1. The van der Waals surface area contributed by atoms with Crippen LogP contribution in [-0.4, -0.2) is 41.0 Å². The van der Waals surface area contributed by atoms with E-state index in [9.17, 15) is 0 Å². The van der Waals surface area contributed by atoms with Crippen LogP contribution in [0, 0.1) is 0 Å². The molecule has 0 aliphatic heterocycles. The highest BCUT2D eigenvalue weighted by Gasteiger charge is 2.31. The van der Waals surface area contributed by atoms with Gasteiger partial charge in [-0.25, -0.2) is 0 Å². The quantitative estimate of drug-likeness (QED) is 0.663. The Balaban J connectivity index is 2.04. The van der Waals surface area contributed by atoms with Gasteiger partial charge in [0.1, 0.15) is 0 Å². The molecule has 0 spiro atoms. The maximum absolute atomic E-state index is 8.93. The first-order valence-corrected chi connectivity index (χ1v) is 5.25. The molecule has 1 fully saturated rings. The summed E-state index contributed by atoms with van der Waals surface area (Å²) in [5.41, 5.74) is 5.40. The lowest BCUT2D eigenvalue weighted by molar-refractivity contribution is 0.297. The van der Waals surface area contributed by atoms with E-state index in [1.54, 1.807) is 0 Å². The molecule has 3 N–H and O–H groups in total. The number of nitrogens with two attached hydrogens (primary N) is 1. The third-order valence-electron chi connectivity index (χ3n) is 2.39. The van der Waals surface area contributed by atoms with E-state index >= 15 is 0 Å². The Labute approximate surface area is 88.1 Å². The number of rotatable bonds is 6. The minimum absolute atomic E-state index is 0.102. The maximum atomic E-state index is 8.93. The average molecular weight is 212 g/mol. The Hall–Kier alpha value is -1.14. The predicted octanol–water partition coefficient (Wildman–Crippen LogP) is -0.468. The van der Waals surface area contributed by atoms with Gasteiger partial charge >= 0.3 is 6.01 Å². The van der Waals surface area contributed by atoms with E-state index in [0.29, 0.717) is 37.5 Å². The summed E-state index contributed by atoms with van der Waals surface area (Å²) < 4.78 is 5.45. The molecule has 1 aromatic heterocycles. The lowest BCUT2D eigenvalue weighted by Gasteiger charge is -2.17. The van der Waals surface area contributed by atoms with Gasteiger partial charge in [0, 0.05) is 25.6 Å². The van der Waals surface area contributed by atoms with Crippen molar-refractivity contribution < 1.29 is 9.52 Å². The average Bonchev–Trinajstić information content (AvgIpc) is 2.96. The van der Waals surface area contributed by atoms with Crippen molar-refractivity contribution in [1.82, 2.24) is 10.2 Å². The third kappa shape index (κ3) is 2.45. The number of hydrogen-bond acceptors (Lipinski definition) is 6. The fourth-order valence-electron chi connectivity index (χ4n) is 1.51. The normalized spacial score (nSPS) is 15.6. The molecule has 0 radical (unpaired) electrons. The van der Waals surface area contributed by atoms with Crippen LogP contribution >= 0.6 is 0 Å². The van der Waals surface area contributed by atoms with Crippen molar-refractivity contribution in [3.63, 3.8) is 0 Å². The molecule has 0 atom stereocenters. The lowest BCUT2D eigenvalue weighted by atomic mass is 10.4. The summed E-state index contributed by atoms with van der Waals surface area (Å²) >= 11 is 0. The molecular formula is C9H16N4O2. The smallest absolute Gasteiger partial charge is 0.318 e. The molecule has 1 heterocycles. The highest BCUT2D eigenvalue weighted by atomic mass is 16.4. The molecule has 15 heavy (non-hydrogen) atoms. The Morgan fingerprint density at radius 2 is 2.27 bits per heavy atom. The molecule has 0 aromatic carbocycles. The van der Waals surface area contributed by atoms with Crippen molar-refractivity contribution in [1.29, 1.82) is 0 Å². The van der Waals surface area contributed by atoms with Gasteiger partial charge in [-0.15, -0.1) is 5.10 Å². The van der Waals surface area contributed by atoms with Crippen LogP contribution in [0.4, 0.5) is 6.01 Å². The highest BCUT2D eigenvalue weighted by Crippen LogP contribution is 2.30. The zero-order chi connectivity index (χ0) is 10.7. The van der Waals surface area contributed by atoms with Gasteiger partial charge in [0.05, 0.1) is 6.61 Å². The zero-order valence-corrected chi connectivity index (χ0v) is 8.59. The van der Waals surface area contributed by atoms with Crippen LogP contribution in [0.3, 0.4) is 0 Å². The SMILES string of the molecule is NCCc1nnc(N(CCO)C2CC2)o1. The van der Waals surface area contributed by atoms with Gasteiger partial charge < -0.3 is 20.2 Å². The summed E-state index contributed by atoms with van der Waals surface area (Å²) in [6.45, 7) is 1.16. The van der Waals surface area contributed by atoms with Crippen LogP contribution in [0.2, 0.25) is 0 Å². The second-order valence-electron chi connectivity index (χ2n) is 3.67. The monoisotopic (exact) mass is 212 g/mol. The predicted molar refractivity (Wildman–Crippen MR) is 54.5 cm³/mol. The van der Waals surface area contributed by atoms with E-state index in [1.165, 1.54) is 0 Å². The van der Waals surface area contributed by atoms with Gasteiger partial charge in [0.2, 0.25) is 5.89 Å². The second kappa shape index (κ2) is 4.59. The molecule has 84 valence electrons. The van der Waals surface area contributed by atoms with Crippen molar-refractivity contribution >= 4 is 6.01 Å². The van der Waals surface area contributed by atoms with Crippen molar-refractivity contribution in [2.75, 3.05) is 24.6 Å². The Kier molecular flexibility index (Phi) is 3.17. The van der Waals surface area contributed by atoms with Crippen LogP contribution in [0.5, 0.6) is 0 Å². The van der Waals surface area contributed by atoms with Gasteiger partial charge in [0.25, 0.3) is 0 Å². The van der Waals surface area contributed by atoms with E-state index in [2.05, 4.69) is 10.2 Å². The van der Waals surface area contributed by atoms with E-state index in [0.717, 1.165) is 12.8 Å². The Morgan fingerprint density at radius 1 is 1.47 bits per heavy atom. The highest BCUT2D eigenvalue weighted by molar-refractivity contribution is 5.29. The van der Waals surface area contributed by atoms with Crippen molar-refractivity contribution in [2.24, 2.45) is 5.73 Å². The fraction of sp³-hybridized carbons (Fsp3) is 0.778. The van der Waals surface area contributed by atoms with Gasteiger partial charge in [-0.3, -0.25) is 0 Å². The summed E-state index contributed by atoms with van der Waals surface area (Å²) in [6, 6.07) is 0.971. The van der Waals surface area contributed by atoms with Gasteiger partial charge in [-0.1, -0.05) is 5.10 Å². The number of hydrogen-bond donors (Lipinski definition) is 2. The number of aliphatic hydroxyl groups excluding tert-OH is 1. The van der Waals surface area contributed by atoms with E-state index in [1.807, 2.05) is 4.90 Å². The topological polar surface area (TPSA) is 88.4 Å². The molecule has 0 unspecified atom stereocenters. The van der Waals surface area contributed by atoms with E-state index in [4.69, 9.17) is 15.3 Å². The van der Waals surface area contributed by atoms with Crippen molar-refractivity contribution in [3.8, 4) is 0 Å². The number of aliphatic hydroxyl groups is 1. The molecular weight excluding hydrogens is 196 g/mol. The molecule has 0 amide bonds. The summed E-state index contributed by atoms with van der Waals surface area (Å²) in [5, 5.41) is 16.8. The first-order chi connectivity index (χ1) is 7.35. The zero-order valence-electron chi connectivity index (χ0n) is 8.59. The minimum atomic E-state index is 0.102. The maximum Gasteiger partial charge on any atom is 0.318 e. The first-order valence-electron chi connectivity index (χ1n) is 5.25. The molecule has 6 heteroatoms. The standard InChI is InChI=1S/C9H16N4O2/c10-4-3-8-11-12-9(15-8)13(5-6-14)7-1-2-7/h7,14H,1-6,10H2. The van der Waals surface area contributed by atoms with Crippen LogP contribution in [-0.2, 0) is 6.42 Å². The molecule has 2 rings (SSSR count). The van der Waals surface area contributed by atoms with Gasteiger partial charge in [-0.2, -0.15) is 0 Å². The van der Waals surface area contributed by atoms with Crippen LogP contribution in [0.1, 0.15) is 18.7 Å². The van der Waals surface area contributed by atoms with Crippen LogP contribution in [0.25, 0.3) is 0 Å². The molecule has 0 saturated heterocycles. The first kappa shape index (κ1) is 10.4. The third-order valence-corrected chi connectivity index (χ3v) is 2.39. The van der Waals surface area contributed by atoms with Crippen molar-refractivity contribution in [3.05, 3.63) is 5.89 Å². The van der Waals surface area contributed by atoms with Crippen LogP contribution < -0.4 is 10.6 Å². The Morgan fingerprint density at radius 3 is 2.87 bits per heavy atom. The number of nitrogens with zero attached hydrogens (tertiary/aromatic N) is 3. The summed E-state index contributed by atoms with van der Waals surface area (Å²) in [4.78, 5) is 1.97. The lowest BCUT2D eigenvalue weighted by Crippen LogP contribution is -2.29. The minimum Gasteiger partial charge on any atom is -0.408 e. The van der Waals surface area contributed by atoms with E-state index < -0.39 is 0 Å². The molecule has 0 bridgehead atoms. The summed E-state index contributed by atoms with van der Waals surface area (Å²) in [6.07, 6.45) is 2.87. The van der Waals surface area contributed by atoms with Crippen molar-refractivity contribution in [2.45, 2.75) is 25.3 Å². The second-order valence-corrected chi connectivity index (χ2v) is 3.67. The van der Waals surface area contributed by atoms with Gasteiger partial charge in [-0.05, 0) is 12.8 Å². The van der Waals surface area contributed by atoms with Gasteiger partial charge in [0.15, 0.2) is 0 Å². The molecule has 1 saturated carbocycles. The number of aromatic nitrogens is 2. The molecule has 1 aliphatic carbocycles. The van der Waals surface area contributed by atoms with E-state index in [-0.39, 0.29) is 6.61 Å². The summed E-state index contributed by atoms with van der Waals surface area (Å²) in [5.74, 6) is 0.566. The Bertz CT molecular complexity index is 311.